The van der Waals surface area contributed by atoms with Crippen LogP contribution in [0.2, 0.25) is 0 Å². The average molecular weight is 199 g/mol. The fourth-order valence-electron chi connectivity index (χ4n) is 3.20. The molecule has 2 fully saturated rings. The number of piperidine rings is 1. The van der Waals surface area contributed by atoms with E-state index in [1.54, 1.807) is 0 Å². The lowest BCUT2D eigenvalue weighted by Crippen LogP contribution is -2.49. The summed E-state index contributed by atoms with van der Waals surface area (Å²) in [6.45, 7) is 5.63. The fraction of sp³-hybridized carbons (Fsp3) is 1.00. The number of likely N-dealkylation sites (tertiary alicyclic amines) is 1. The molecule has 2 atom stereocenters. The Balaban J connectivity index is 0.000000461. The number of aliphatic hydroxyl groups is 1. The van der Waals surface area contributed by atoms with Crippen LogP contribution in [0.4, 0.5) is 0 Å². The topological polar surface area (TPSA) is 23.5 Å². The molecule has 0 unspecified atom stereocenters. The van der Waals surface area contributed by atoms with Gasteiger partial charge in [-0.1, -0.05) is 20.3 Å². The van der Waals surface area contributed by atoms with Gasteiger partial charge in [-0.15, -0.1) is 0 Å². The van der Waals surface area contributed by atoms with Crippen molar-refractivity contribution in [3.05, 3.63) is 0 Å². The highest BCUT2D eigenvalue weighted by Gasteiger charge is 2.45. The van der Waals surface area contributed by atoms with Crippen LogP contribution in [0.5, 0.6) is 0 Å². The Hall–Kier alpha value is -0.0800. The number of aliphatic hydroxyl groups excluding tert-OH is 1. The van der Waals surface area contributed by atoms with Crippen molar-refractivity contribution in [1.82, 2.24) is 4.90 Å². The predicted molar refractivity (Wildman–Crippen MR) is 60.4 cm³/mol. The first-order valence-electron chi connectivity index (χ1n) is 6.10. The summed E-state index contributed by atoms with van der Waals surface area (Å²) in [4.78, 5) is 2.45. The van der Waals surface area contributed by atoms with Crippen LogP contribution in [0.3, 0.4) is 0 Å². The van der Waals surface area contributed by atoms with Crippen LogP contribution in [0.25, 0.3) is 0 Å². The van der Waals surface area contributed by atoms with E-state index in [2.05, 4.69) is 11.9 Å². The molecule has 0 aromatic heterocycles. The van der Waals surface area contributed by atoms with E-state index in [0.29, 0.717) is 12.6 Å². The minimum atomic E-state index is 0.285. The van der Waals surface area contributed by atoms with Crippen LogP contribution in [-0.4, -0.2) is 36.2 Å². The molecule has 2 rings (SSSR count). The van der Waals surface area contributed by atoms with E-state index < -0.39 is 0 Å². The fourth-order valence-corrected chi connectivity index (χ4v) is 3.20. The van der Waals surface area contributed by atoms with E-state index in [1.807, 2.05) is 13.8 Å². The van der Waals surface area contributed by atoms with Gasteiger partial charge in [0.15, 0.2) is 0 Å². The Kier molecular flexibility index (Phi) is 4.39. The molecule has 1 saturated heterocycles. The Morgan fingerprint density at radius 1 is 1.29 bits per heavy atom. The molecule has 2 nitrogen and oxygen atoms in total. The van der Waals surface area contributed by atoms with Gasteiger partial charge in [0.05, 0.1) is 6.61 Å². The largest absolute Gasteiger partial charge is 0.396 e. The maximum atomic E-state index is 9.44. The molecule has 14 heavy (non-hydrogen) atoms. The van der Waals surface area contributed by atoms with Gasteiger partial charge >= 0.3 is 0 Å². The molecule has 2 aliphatic rings. The van der Waals surface area contributed by atoms with Gasteiger partial charge in [-0.05, 0) is 39.3 Å². The van der Waals surface area contributed by atoms with Gasteiger partial charge in [0.1, 0.15) is 0 Å². The highest BCUT2D eigenvalue weighted by Crippen LogP contribution is 2.46. The standard InChI is InChI=1S/C10H19NO.C2H6/c1-11-7-3-6-10(8-12)5-2-4-9(10)11;1-2/h9,12H,2-8H2,1H3;1-2H3/t9-,10-;/m0./s1. The van der Waals surface area contributed by atoms with Crippen LogP contribution in [-0.2, 0) is 0 Å². The van der Waals surface area contributed by atoms with Gasteiger partial charge in [0.25, 0.3) is 0 Å². The smallest absolute Gasteiger partial charge is 0.0502 e. The van der Waals surface area contributed by atoms with Gasteiger partial charge in [-0.3, -0.25) is 0 Å². The van der Waals surface area contributed by atoms with Crippen molar-refractivity contribution in [3.63, 3.8) is 0 Å². The van der Waals surface area contributed by atoms with E-state index in [0.717, 1.165) is 0 Å². The van der Waals surface area contributed by atoms with Gasteiger partial charge < -0.3 is 10.0 Å². The number of nitrogens with zero attached hydrogens (tertiary/aromatic N) is 1. The average Bonchev–Trinajstić information content (AvgIpc) is 2.67. The van der Waals surface area contributed by atoms with Crippen molar-refractivity contribution < 1.29 is 5.11 Å². The number of fused-ring (bicyclic) bond motifs is 1. The summed E-state index contributed by atoms with van der Waals surface area (Å²) in [6, 6.07) is 0.677. The van der Waals surface area contributed by atoms with E-state index >= 15 is 0 Å². The maximum absolute atomic E-state index is 9.44. The third-order valence-electron chi connectivity index (χ3n) is 3.89. The molecule has 1 aliphatic carbocycles. The Morgan fingerprint density at radius 3 is 2.50 bits per heavy atom. The van der Waals surface area contributed by atoms with Crippen molar-refractivity contribution in [2.45, 2.75) is 52.0 Å². The van der Waals surface area contributed by atoms with Gasteiger partial charge in [0.2, 0.25) is 0 Å². The SMILES string of the molecule is CC.CN1CCC[C@]2(CO)CCC[C@H]12. The highest BCUT2D eigenvalue weighted by atomic mass is 16.3. The van der Waals surface area contributed by atoms with Crippen molar-refractivity contribution in [2.24, 2.45) is 5.41 Å². The first kappa shape index (κ1) is 12.0. The summed E-state index contributed by atoms with van der Waals surface area (Å²) in [7, 11) is 2.21. The molecule has 0 spiro atoms. The second-order valence-electron chi connectivity index (χ2n) is 4.51. The number of hydrogen-bond acceptors (Lipinski definition) is 2. The molecule has 1 aliphatic heterocycles. The lowest BCUT2D eigenvalue weighted by Gasteiger charge is -2.44. The third-order valence-corrected chi connectivity index (χ3v) is 3.89. The molecule has 1 heterocycles. The lowest BCUT2D eigenvalue weighted by molar-refractivity contribution is 0.00742. The summed E-state index contributed by atoms with van der Waals surface area (Å²) in [5.74, 6) is 0. The first-order valence-corrected chi connectivity index (χ1v) is 6.10. The number of rotatable bonds is 1. The van der Waals surface area contributed by atoms with E-state index in [4.69, 9.17) is 0 Å². The maximum Gasteiger partial charge on any atom is 0.0502 e. The van der Waals surface area contributed by atoms with Crippen molar-refractivity contribution in [1.29, 1.82) is 0 Å². The third kappa shape index (κ3) is 1.96. The quantitative estimate of drug-likeness (QED) is 0.700. The second-order valence-corrected chi connectivity index (χ2v) is 4.51. The first-order chi connectivity index (χ1) is 6.78. The zero-order valence-electron chi connectivity index (χ0n) is 9.92. The van der Waals surface area contributed by atoms with Crippen molar-refractivity contribution in [2.75, 3.05) is 20.2 Å². The van der Waals surface area contributed by atoms with Gasteiger partial charge in [-0.25, -0.2) is 0 Å². The zero-order chi connectivity index (χ0) is 10.6. The van der Waals surface area contributed by atoms with Crippen molar-refractivity contribution in [3.8, 4) is 0 Å². The van der Waals surface area contributed by atoms with E-state index in [9.17, 15) is 5.11 Å². The van der Waals surface area contributed by atoms with Crippen LogP contribution in [0, 0.1) is 5.41 Å². The van der Waals surface area contributed by atoms with Gasteiger partial charge in [0, 0.05) is 11.5 Å². The van der Waals surface area contributed by atoms with Gasteiger partial charge in [-0.2, -0.15) is 0 Å². The van der Waals surface area contributed by atoms with E-state index in [1.165, 1.54) is 38.6 Å². The monoisotopic (exact) mass is 199 g/mol. The summed E-state index contributed by atoms with van der Waals surface area (Å²) < 4.78 is 0. The Labute approximate surface area is 88.3 Å². The highest BCUT2D eigenvalue weighted by molar-refractivity contribution is 4.99. The molecular weight excluding hydrogens is 174 g/mol. The number of hydrogen-bond donors (Lipinski definition) is 1. The zero-order valence-corrected chi connectivity index (χ0v) is 9.92. The summed E-state index contributed by atoms with van der Waals surface area (Å²) in [6.07, 6.45) is 6.39. The van der Waals surface area contributed by atoms with E-state index in [-0.39, 0.29) is 5.41 Å². The molecule has 0 bridgehead atoms. The minimum Gasteiger partial charge on any atom is -0.396 e. The molecule has 84 valence electrons. The molecule has 2 heteroatoms. The van der Waals surface area contributed by atoms with Crippen LogP contribution < -0.4 is 0 Å². The van der Waals surface area contributed by atoms with Crippen LogP contribution >= 0.6 is 0 Å². The summed E-state index contributed by atoms with van der Waals surface area (Å²) >= 11 is 0. The summed E-state index contributed by atoms with van der Waals surface area (Å²) in [5, 5.41) is 9.44. The summed E-state index contributed by atoms with van der Waals surface area (Å²) in [5.41, 5.74) is 0.285. The molecule has 1 N–H and O–H groups in total. The minimum absolute atomic E-state index is 0.285. The Bertz CT molecular complexity index is 172. The Morgan fingerprint density at radius 2 is 1.93 bits per heavy atom. The lowest BCUT2D eigenvalue weighted by atomic mass is 9.76. The molecule has 0 radical (unpaired) electrons. The molecule has 0 amide bonds. The molecule has 0 aromatic rings. The van der Waals surface area contributed by atoms with Crippen molar-refractivity contribution >= 4 is 0 Å². The van der Waals surface area contributed by atoms with Crippen LogP contribution in [0.15, 0.2) is 0 Å². The molecule has 1 saturated carbocycles. The normalized spacial score (nSPS) is 37.3. The second kappa shape index (κ2) is 5.13. The molecular formula is C12H25NO. The predicted octanol–water partition coefficient (Wildman–Crippen LogP) is 2.27. The van der Waals surface area contributed by atoms with Crippen LogP contribution in [0.1, 0.15) is 46.0 Å². The molecule has 0 aromatic carbocycles.